The Hall–Kier alpha value is -2.15. The van der Waals surface area contributed by atoms with Gasteiger partial charge in [-0.3, -0.25) is 0 Å². The van der Waals surface area contributed by atoms with Crippen LogP contribution in [0.3, 0.4) is 0 Å². The lowest BCUT2D eigenvalue weighted by atomic mass is 10.1. The smallest absolute Gasteiger partial charge is 0.124 e. The number of imidazole rings is 1. The predicted molar refractivity (Wildman–Crippen MR) is 66.4 cm³/mol. The fourth-order valence-electron chi connectivity index (χ4n) is 1.94. The molecule has 0 spiro atoms. The van der Waals surface area contributed by atoms with Gasteiger partial charge in [0.05, 0.1) is 11.6 Å². The van der Waals surface area contributed by atoms with Gasteiger partial charge in [-0.05, 0) is 30.2 Å². The van der Waals surface area contributed by atoms with Crippen LogP contribution in [0.4, 0.5) is 4.39 Å². The molecule has 0 amide bonds. The summed E-state index contributed by atoms with van der Waals surface area (Å²) in [4.78, 5) is 4.27. The molecule has 1 aromatic carbocycles. The third-order valence-corrected chi connectivity index (χ3v) is 2.71. The van der Waals surface area contributed by atoms with E-state index in [2.05, 4.69) is 11.9 Å². The molecular formula is C14H14FN3. The van der Waals surface area contributed by atoms with Crippen molar-refractivity contribution in [1.29, 1.82) is 5.26 Å². The molecule has 2 aromatic rings. The molecule has 1 heterocycles. The van der Waals surface area contributed by atoms with Crippen molar-refractivity contribution in [2.45, 2.75) is 26.3 Å². The number of halogens is 1. The van der Waals surface area contributed by atoms with E-state index in [0.717, 1.165) is 24.2 Å². The Morgan fingerprint density at radius 3 is 2.94 bits per heavy atom. The lowest BCUT2D eigenvalue weighted by Gasteiger charge is -2.07. The van der Waals surface area contributed by atoms with Gasteiger partial charge in [-0.1, -0.05) is 6.92 Å². The van der Waals surface area contributed by atoms with Gasteiger partial charge in [0.15, 0.2) is 0 Å². The van der Waals surface area contributed by atoms with Crippen molar-refractivity contribution in [2.75, 3.05) is 0 Å². The van der Waals surface area contributed by atoms with Crippen molar-refractivity contribution in [3.05, 3.63) is 53.4 Å². The summed E-state index contributed by atoms with van der Waals surface area (Å²) >= 11 is 0. The van der Waals surface area contributed by atoms with Gasteiger partial charge in [-0.2, -0.15) is 5.26 Å². The molecule has 0 aliphatic rings. The first-order valence-corrected chi connectivity index (χ1v) is 5.92. The summed E-state index contributed by atoms with van der Waals surface area (Å²) in [6.45, 7) is 2.64. The Kier molecular flexibility index (Phi) is 3.73. The Morgan fingerprint density at radius 2 is 2.22 bits per heavy atom. The van der Waals surface area contributed by atoms with Gasteiger partial charge >= 0.3 is 0 Å². The molecule has 2 rings (SSSR count). The lowest BCUT2D eigenvalue weighted by molar-refractivity contribution is 0.621. The van der Waals surface area contributed by atoms with E-state index in [0.29, 0.717) is 12.1 Å². The van der Waals surface area contributed by atoms with Crippen molar-refractivity contribution in [3.8, 4) is 6.07 Å². The molecule has 0 atom stereocenters. The zero-order valence-corrected chi connectivity index (χ0v) is 10.2. The number of nitrogens with zero attached hydrogens (tertiary/aromatic N) is 3. The van der Waals surface area contributed by atoms with Gasteiger partial charge in [0.25, 0.3) is 0 Å². The number of aromatic nitrogens is 2. The van der Waals surface area contributed by atoms with Gasteiger partial charge in [-0.25, -0.2) is 9.37 Å². The zero-order valence-electron chi connectivity index (χ0n) is 10.2. The molecule has 0 radical (unpaired) electrons. The van der Waals surface area contributed by atoms with E-state index >= 15 is 0 Å². The minimum absolute atomic E-state index is 0.349. The topological polar surface area (TPSA) is 41.6 Å². The maximum Gasteiger partial charge on any atom is 0.124 e. The van der Waals surface area contributed by atoms with Crippen molar-refractivity contribution in [2.24, 2.45) is 0 Å². The first-order valence-electron chi connectivity index (χ1n) is 5.92. The summed E-state index contributed by atoms with van der Waals surface area (Å²) < 4.78 is 15.3. The number of nitriles is 1. The molecule has 0 fully saturated rings. The zero-order chi connectivity index (χ0) is 13.0. The summed E-state index contributed by atoms with van der Waals surface area (Å²) in [7, 11) is 0. The van der Waals surface area contributed by atoms with E-state index in [4.69, 9.17) is 5.26 Å². The molecule has 0 N–H and O–H groups in total. The van der Waals surface area contributed by atoms with E-state index in [1.807, 2.05) is 16.8 Å². The molecule has 92 valence electrons. The standard InChI is InChI=1S/C14H14FN3/c1-2-3-14-17-4-5-18(14)10-12-6-11(9-16)7-13(15)8-12/h4-8H,2-3,10H2,1H3. The van der Waals surface area contributed by atoms with E-state index in [1.165, 1.54) is 12.1 Å². The molecule has 0 unspecified atom stereocenters. The van der Waals surface area contributed by atoms with Crippen molar-refractivity contribution in [3.63, 3.8) is 0 Å². The van der Waals surface area contributed by atoms with Gasteiger partial charge in [0.2, 0.25) is 0 Å². The van der Waals surface area contributed by atoms with Crippen LogP contribution in [0.1, 0.15) is 30.3 Å². The van der Waals surface area contributed by atoms with Crippen LogP contribution in [0.5, 0.6) is 0 Å². The fraction of sp³-hybridized carbons (Fsp3) is 0.286. The highest BCUT2D eigenvalue weighted by Gasteiger charge is 2.05. The van der Waals surface area contributed by atoms with Gasteiger partial charge in [0, 0.05) is 25.4 Å². The van der Waals surface area contributed by atoms with Gasteiger partial charge in [-0.15, -0.1) is 0 Å². The van der Waals surface area contributed by atoms with Gasteiger partial charge < -0.3 is 4.57 Å². The van der Waals surface area contributed by atoms with Crippen molar-refractivity contribution < 1.29 is 4.39 Å². The van der Waals surface area contributed by atoms with Crippen LogP contribution < -0.4 is 0 Å². The molecule has 0 bridgehead atoms. The second kappa shape index (κ2) is 5.46. The number of benzene rings is 1. The SMILES string of the molecule is CCCc1nccn1Cc1cc(F)cc(C#N)c1. The maximum atomic E-state index is 13.3. The van der Waals surface area contributed by atoms with Crippen molar-refractivity contribution >= 4 is 0 Å². The second-order valence-corrected chi connectivity index (χ2v) is 4.18. The largest absolute Gasteiger partial charge is 0.331 e. The quantitative estimate of drug-likeness (QED) is 0.828. The van der Waals surface area contributed by atoms with E-state index in [9.17, 15) is 4.39 Å². The summed E-state index contributed by atoms with van der Waals surface area (Å²) in [5.74, 6) is 0.612. The maximum absolute atomic E-state index is 13.3. The molecule has 4 heteroatoms. The molecule has 0 aliphatic heterocycles. The summed E-state index contributed by atoms with van der Waals surface area (Å²) in [6, 6.07) is 6.37. The molecule has 0 saturated carbocycles. The van der Waals surface area contributed by atoms with Crippen LogP contribution in [-0.2, 0) is 13.0 Å². The first-order chi connectivity index (χ1) is 8.72. The van der Waals surface area contributed by atoms with Crippen molar-refractivity contribution in [1.82, 2.24) is 9.55 Å². The Labute approximate surface area is 106 Å². The fourth-order valence-corrected chi connectivity index (χ4v) is 1.94. The number of rotatable bonds is 4. The monoisotopic (exact) mass is 243 g/mol. The number of hydrogen-bond acceptors (Lipinski definition) is 2. The first kappa shape index (κ1) is 12.3. The highest BCUT2D eigenvalue weighted by atomic mass is 19.1. The van der Waals surface area contributed by atoms with Crippen LogP contribution >= 0.6 is 0 Å². The Bertz CT molecular complexity index is 581. The predicted octanol–water partition coefficient (Wildman–Crippen LogP) is 2.89. The second-order valence-electron chi connectivity index (χ2n) is 4.18. The minimum Gasteiger partial charge on any atom is -0.331 e. The van der Waals surface area contributed by atoms with E-state index in [1.54, 1.807) is 12.3 Å². The summed E-state index contributed by atoms with van der Waals surface area (Å²) in [5.41, 5.74) is 1.13. The molecule has 0 aliphatic carbocycles. The third kappa shape index (κ3) is 2.75. The number of aryl methyl sites for hydroxylation is 1. The van der Waals surface area contributed by atoms with Gasteiger partial charge in [0.1, 0.15) is 11.6 Å². The minimum atomic E-state index is -0.374. The lowest BCUT2D eigenvalue weighted by Crippen LogP contribution is -2.04. The summed E-state index contributed by atoms with van der Waals surface area (Å²) in [6.07, 6.45) is 5.54. The van der Waals surface area contributed by atoms with E-state index < -0.39 is 0 Å². The highest BCUT2D eigenvalue weighted by Crippen LogP contribution is 2.12. The summed E-state index contributed by atoms with van der Waals surface area (Å²) in [5, 5.41) is 8.82. The average Bonchev–Trinajstić information content (AvgIpc) is 2.76. The highest BCUT2D eigenvalue weighted by molar-refractivity contribution is 5.33. The average molecular weight is 243 g/mol. The van der Waals surface area contributed by atoms with Crippen LogP contribution in [0.25, 0.3) is 0 Å². The molecular weight excluding hydrogens is 229 g/mol. The Morgan fingerprint density at radius 1 is 1.39 bits per heavy atom. The Balaban J connectivity index is 2.26. The molecule has 1 aromatic heterocycles. The third-order valence-electron chi connectivity index (χ3n) is 2.71. The van der Waals surface area contributed by atoms with Crippen LogP contribution in [0.2, 0.25) is 0 Å². The molecule has 18 heavy (non-hydrogen) atoms. The number of hydrogen-bond donors (Lipinski definition) is 0. The normalized spacial score (nSPS) is 10.3. The van der Waals surface area contributed by atoms with E-state index in [-0.39, 0.29) is 5.82 Å². The van der Waals surface area contributed by atoms with Crippen LogP contribution in [0, 0.1) is 17.1 Å². The molecule has 0 saturated heterocycles. The van der Waals surface area contributed by atoms with Crippen LogP contribution in [-0.4, -0.2) is 9.55 Å². The van der Waals surface area contributed by atoms with Crippen LogP contribution in [0.15, 0.2) is 30.6 Å². The molecule has 3 nitrogen and oxygen atoms in total.